The SMILES string of the molecule is C=C1CCC[C@]2(C)C[C@H]3OC(=O)[C@@H](C)[C@H]3C[C@@]12O. The molecule has 1 heterocycles. The number of hydrogen-bond donors (Lipinski definition) is 1. The van der Waals surface area contributed by atoms with Crippen LogP contribution in [0, 0.1) is 17.3 Å². The molecular weight excluding hydrogens is 228 g/mol. The molecule has 0 amide bonds. The highest BCUT2D eigenvalue weighted by Gasteiger charge is 2.60. The van der Waals surface area contributed by atoms with E-state index in [2.05, 4.69) is 13.5 Å². The van der Waals surface area contributed by atoms with E-state index < -0.39 is 5.60 Å². The number of ether oxygens (including phenoxy) is 1. The smallest absolute Gasteiger partial charge is 0.309 e. The third kappa shape index (κ3) is 1.37. The molecule has 0 radical (unpaired) electrons. The van der Waals surface area contributed by atoms with Gasteiger partial charge in [-0.2, -0.15) is 0 Å². The van der Waals surface area contributed by atoms with Crippen molar-refractivity contribution in [1.29, 1.82) is 0 Å². The van der Waals surface area contributed by atoms with Crippen LogP contribution in [0.4, 0.5) is 0 Å². The van der Waals surface area contributed by atoms with Crippen molar-refractivity contribution in [2.45, 2.75) is 57.7 Å². The van der Waals surface area contributed by atoms with Gasteiger partial charge in [-0.1, -0.05) is 20.4 Å². The molecule has 0 spiro atoms. The molecule has 3 nitrogen and oxygen atoms in total. The molecule has 3 heteroatoms. The quantitative estimate of drug-likeness (QED) is 0.530. The molecule has 0 aromatic rings. The van der Waals surface area contributed by atoms with Gasteiger partial charge in [-0.25, -0.2) is 0 Å². The number of carbonyl (C=O) groups excluding carboxylic acids is 1. The Balaban J connectivity index is 1.97. The molecule has 3 rings (SSSR count). The van der Waals surface area contributed by atoms with Crippen LogP contribution in [0.25, 0.3) is 0 Å². The molecule has 1 saturated heterocycles. The average molecular weight is 250 g/mol. The summed E-state index contributed by atoms with van der Waals surface area (Å²) in [6.07, 6.45) is 4.41. The van der Waals surface area contributed by atoms with E-state index >= 15 is 0 Å². The third-order valence-corrected chi connectivity index (χ3v) is 5.73. The van der Waals surface area contributed by atoms with Crippen LogP contribution < -0.4 is 0 Å². The van der Waals surface area contributed by atoms with Crippen molar-refractivity contribution in [2.24, 2.45) is 17.3 Å². The first-order chi connectivity index (χ1) is 8.37. The van der Waals surface area contributed by atoms with E-state index in [4.69, 9.17) is 4.74 Å². The van der Waals surface area contributed by atoms with Crippen molar-refractivity contribution in [3.05, 3.63) is 12.2 Å². The number of aliphatic hydroxyl groups is 1. The fraction of sp³-hybridized carbons (Fsp3) is 0.800. The molecule has 0 aromatic heterocycles. The van der Waals surface area contributed by atoms with Crippen molar-refractivity contribution in [2.75, 3.05) is 0 Å². The molecular formula is C15H22O3. The normalized spacial score (nSPS) is 51.6. The molecule has 3 aliphatic rings. The Morgan fingerprint density at radius 2 is 2.17 bits per heavy atom. The predicted molar refractivity (Wildman–Crippen MR) is 67.8 cm³/mol. The largest absolute Gasteiger partial charge is 0.462 e. The zero-order valence-electron chi connectivity index (χ0n) is 11.2. The Labute approximate surface area is 108 Å². The molecule has 5 atom stereocenters. The Morgan fingerprint density at radius 3 is 2.89 bits per heavy atom. The summed E-state index contributed by atoms with van der Waals surface area (Å²) < 4.78 is 5.49. The monoisotopic (exact) mass is 250 g/mol. The second kappa shape index (κ2) is 3.60. The van der Waals surface area contributed by atoms with Gasteiger partial charge in [0, 0.05) is 11.3 Å². The fourth-order valence-corrected chi connectivity index (χ4v) is 4.32. The van der Waals surface area contributed by atoms with Crippen molar-refractivity contribution in [1.82, 2.24) is 0 Å². The highest BCUT2D eigenvalue weighted by molar-refractivity contribution is 5.75. The maximum Gasteiger partial charge on any atom is 0.309 e. The van der Waals surface area contributed by atoms with Crippen LogP contribution >= 0.6 is 0 Å². The van der Waals surface area contributed by atoms with E-state index in [1.165, 1.54) is 0 Å². The van der Waals surface area contributed by atoms with Crippen LogP contribution in [-0.2, 0) is 9.53 Å². The van der Waals surface area contributed by atoms with Crippen molar-refractivity contribution >= 4 is 5.97 Å². The standard InChI is InChI=1S/C15H22O3/c1-9-5-4-6-14(3)8-12-11(7-15(9,14)17)10(2)13(16)18-12/h10-12,17H,1,4-8H2,2-3H3/t10-,11+,12+,14+,15+/m0/s1. The average Bonchev–Trinajstić information content (AvgIpc) is 2.55. The van der Waals surface area contributed by atoms with Crippen LogP contribution in [0.1, 0.15) is 46.0 Å². The highest BCUT2D eigenvalue weighted by Crippen LogP contribution is 2.59. The van der Waals surface area contributed by atoms with Gasteiger partial charge in [0.15, 0.2) is 0 Å². The Hall–Kier alpha value is -0.830. The van der Waals surface area contributed by atoms with Crippen molar-refractivity contribution < 1.29 is 14.6 Å². The minimum atomic E-state index is -0.797. The fourth-order valence-electron chi connectivity index (χ4n) is 4.32. The second-order valence-electron chi connectivity index (χ2n) is 6.71. The molecule has 2 aliphatic carbocycles. The first-order valence-corrected chi connectivity index (χ1v) is 6.98. The Bertz CT molecular complexity index is 416. The lowest BCUT2D eigenvalue weighted by molar-refractivity contribution is -0.155. The van der Waals surface area contributed by atoms with Crippen LogP contribution in [-0.4, -0.2) is 22.8 Å². The molecule has 2 saturated carbocycles. The van der Waals surface area contributed by atoms with E-state index in [1.54, 1.807) is 0 Å². The number of esters is 1. The number of rotatable bonds is 0. The molecule has 0 bridgehead atoms. The lowest BCUT2D eigenvalue weighted by Crippen LogP contribution is -2.57. The van der Waals surface area contributed by atoms with E-state index in [9.17, 15) is 9.90 Å². The minimum absolute atomic E-state index is 0.00340. The summed E-state index contributed by atoms with van der Waals surface area (Å²) in [4.78, 5) is 11.7. The molecule has 3 fully saturated rings. The zero-order chi connectivity index (χ0) is 13.1. The third-order valence-electron chi connectivity index (χ3n) is 5.73. The maximum absolute atomic E-state index is 11.7. The molecule has 18 heavy (non-hydrogen) atoms. The van der Waals surface area contributed by atoms with E-state index in [1.807, 2.05) is 6.92 Å². The molecule has 1 N–H and O–H groups in total. The van der Waals surface area contributed by atoms with Gasteiger partial charge >= 0.3 is 5.97 Å². The zero-order valence-corrected chi connectivity index (χ0v) is 11.2. The topological polar surface area (TPSA) is 46.5 Å². The molecule has 1 aliphatic heterocycles. The number of fused-ring (bicyclic) bond motifs is 2. The first-order valence-electron chi connectivity index (χ1n) is 6.98. The summed E-state index contributed by atoms with van der Waals surface area (Å²) in [6.45, 7) is 8.15. The van der Waals surface area contributed by atoms with Gasteiger partial charge in [-0.3, -0.25) is 4.79 Å². The number of carbonyl (C=O) groups is 1. The molecule has 0 aromatic carbocycles. The Morgan fingerprint density at radius 1 is 1.44 bits per heavy atom. The maximum atomic E-state index is 11.7. The second-order valence-corrected chi connectivity index (χ2v) is 6.71. The highest BCUT2D eigenvalue weighted by atomic mass is 16.6. The minimum Gasteiger partial charge on any atom is -0.462 e. The van der Waals surface area contributed by atoms with Gasteiger partial charge in [-0.05, 0) is 37.7 Å². The van der Waals surface area contributed by atoms with Crippen LogP contribution in [0.2, 0.25) is 0 Å². The number of hydrogen-bond acceptors (Lipinski definition) is 3. The van der Waals surface area contributed by atoms with E-state index in [0.29, 0.717) is 6.42 Å². The van der Waals surface area contributed by atoms with Gasteiger partial charge in [0.05, 0.1) is 11.5 Å². The van der Waals surface area contributed by atoms with Gasteiger partial charge in [0.1, 0.15) is 6.10 Å². The van der Waals surface area contributed by atoms with Crippen molar-refractivity contribution in [3.63, 3.8) is 0 Å². The summed E-state index contributed by atoms with van der Waals surface area (Å²) in [5.41, 5.74) is -0.0103. The van der Waals surface area contributed by atoms with Crippen LogP contribution in [0.15, 0.2) is 12.2 Å². The lowest BCUT2D eigenvalue weighted by atomic mass is 9.52. The summed E-state index contributed by atoms with van der Waals surface area (Å²) >= 11 is 0. The van der Waals surface area contributed by atoms with E-state index in [-0.39, 0.29) is 29.3 Å². The van der Waals surface area contributed by atoms with Gasteiger partial charge in [-0.15, -0.1) is 0 Å². The molecule has 0 unspecified atom stereocenters. The first kappa shape index (κ1) is 12.2. The van der Waals surface area contributed by atoms with Crippen LogP contribution in [0.3, 0.4) is 0 Å². The van der Waals surface area contributed by atoms with E-state index in [0.717, 1.165) is 31.3 Å². The Kier molecular flexibility index (Phi) is 2.44. The summed E-state index contributed by atoms with van der Waals surface area (Å²) in [7, 11) is 0. The lowest BCUT2D eigenvalue weighted by Gasteiger charge is -2.55. The summed E-state index contributed by atoms with van der Waals surface area (Å²) in [5.74, 6) is -0.0230. The summed E-state index contributed by atoms with van der Waals surface area (Å²) in [6, 6.07) is 0. The molecule has 100 valence electrons. The van der Waals surface area contributed by atoms with Crippen molar-refractivity contribution in [3.8, 4) is 0 Å². The van der Waals surface area contributed by atoms with Gasteiger partial charge < -0.3 is 9.84 Å². The summed E-state index contributed by atoms with van der Waals surface area (Å²) in [5, 5.41) is 11.1. The predicted octanol–water partition coefficient (Wildman–Crippen LogP) is 2.44. The van der Waals surface area contributed by atoms with Gasteiger partial charge in [0.25, 0.3) is 0 Å². The van der Waals surface area contributed by atoms with Gasteiger partial charge in [0.2, 0.25) is 0 Å². The van der Waals surface area contributed by atoms with Crippen LogP contribution in [0.5, 0.6) is 0 Å².